The van der Waals surface area contributed by atoms with E-state index >= 15 is 0 Å². The van der Waals surface area contributed by atoms with Gasteiger partial charge < -0.3 is 19.4 Å². The maximum atomic E-state index is 12.1. The fourth-order valence-electron chi connectivity index (χ4n) is 2.77. The van der Waals surface area contributed by atoms with Crippen molar-refractivity contribution in [3.8, 4) is 0 Å². The van der Waals surface area contributed by atoms with Crippen LogP contribution in [0.1, 0.15) is 59.1 Å². The van der Waals surface area contributed by atoms with Crippen molar-refractivity contribution in [3.63, 3.8) is 0 Å². The van der Waals surface area contributed by atoms with E-state index in [1.165, 1.54) is 5.56 Å². The highest BCUT2D eigenvalue weighted by molar-refractivity contribution is 5.68. The minimum absolute atomic E-state index is 0.195. The van der Waals surface area contributed by atoms with Gasteiger partial charge in [0.05, 0.1) is 12.5 Å². The van der Waals surface area contributed by atoms with Gasteiger partial charge in [0.25, 0.3) is 0 Å². The molecule has 5 nitrogen and oxygen atoms in total. The van der Waals surface area contributed by atoms with Crippen LogP contribution in [-0.2, 0) is 4.74 Å². The molecule has 1 aromatic heterocycles. The molecule has 1 amide bonds. The fourth-order valence-corrected chi connectivity index (χ4v) is 2.77. The summed E-state index contributed by atoms with van der Waals surface area (Å²) in [7, 11) is 0. The molecule has 0 radical (unpaired) electrons. The minimum atomic E-state index is -0.431. The molecule has 1 fully saturated rings. The second kappa shape index (κ2) is 6.95. The summed E-state index contributed by atoms with van der Waals surface area (Å²) in [6.07, 6.45) is 5.26. The molecule has 0 bridgehead atoms. The molecule has 1 aromatic rings. The van der Waals surface area contributed by atoms with Gasteiger partial charge in [-0.1, -0.05) is 6.92 Å². The second-order valence-corrected chi connectivity index (χ2v) is 7.94. The van der Waals surface area contributed by atoms with Crippen molar-refractivity contribution < 1.29 is 13.9 Å². The number of likely N-dealkylation sites (tertiary alicyclic amines) is 1. The zero-order valence-electron chi connectivity index (χ0n) is 15.0. The zero-order valence-corrected chi connectivity index (χ0v) is 15.0. The van der Waals surface area contributed by atoms with Gasteiger partial charge in [0.1, 0.15) is 5.60 Å². The molecule has 0 spiro atoms. The number of nitrogens with one attached hydrogen (secondary N) is 1. The van der Waals surface area contributed by atoms with Crippen LogP contribution >= 0.6 is 0 Å². The molecule has 0 aromatic carbocycles. The highest BCUT2D eigenvalue weighted by Gasteiger charge is 2.33. The fraction of sp³-hybridized carbons (Fsp3) is 0.722. The molecular weight excluding hydrogens is 292 g/mol. The molecule has 1 saturated heterocycles. The number of carbonyl (C=O) groups is 1. The van der Waals surface area contributed by atoms with E-state index in [0.29, 0.717) is 0 Å². The number of piperidine rings is 1. The summed E-state index contributed by atoms with van der Waals surface area (Å²) in [5.74, 6) is 0. The third-order valence-electron chi connectivity index (χ3n) is 4.50. The summed E-state index contributed by atoms with van der Waals surface area (Å²) < 4.78 is 10.6. The van der Waals surface area contributed by atoms with Gasteiger partial charge in [-0.15, -0.1) is 0 Å². The number of carbonyl (C=O) groups excluding carboxylic acids is 1. The Morgan fingerprint density at radius 1 is 1.43 bits per heavy atom. The summed E-state index contributed by atoms with van der Waals surface area (Å²) in [6, 6.07) is 2.26. The van der Waals surface area contributed by atoms with Crippen LogP contribution in [0.15, 0.2) is 23.0 Å². The first-order chi connectivity index (χ1) is 10.7. The molecule has 130 valence electrons. The largest absolute Gasteiger partial charge is 0.472 e. The van der Waals surface area contributed by atoms with Gasteiger partial charge in [0.15, 0.2) is 0 Å². The Balaban J connectivity index is 1.79. The van der Waals surface area contributed by atoms with Crippen LogP contribution in [0.25, 0.3) is 0 Å². The van der Waals surface area contributed by atoms with Gasteiger partial charge in [0.2, 0.25) is 0 Å². The van der Waals surface area contributed by atoms with Gasteiger partial charge in [-0.2, -0.15) is 0 Å². The zero-order chi connectivity index (χ0) is 17.1. The van der Waals surface area contributed by atoms with Crippen LogP contribution in [0.2, 0.25) is 0 Å². The summed E-state index contributed by atoms with van der Waals surface area (Å²) in [5.41, 5.74) is 0.940. The quantitative estimate of drug-likeness (QED) is 0.911. The van der Waals surface area contributed by atoms with Gasteiger partial charge in [0, 0.05) is 31.2 Å². The number of nitrogens with zero attached hydrogens (tertiary/aromatic N) is 1. The number of rotatable bonds is 4. The molecule has 1 atom stereocenters. The average molecular weight is 322 g/mol. The summed E-state index contributed by atoms with van der Waals surface area (Å²) in [5, 5.41) is 3.58. The second-order valence-electron chi connectivity index (χ2n) is 7.94. The number of hydrogen-bond donors (Lipinski definition) is 1. The van der Waals surface area contributed by atoms with Crippen molar-refractivity contribution in [3.05, 3.63) is 24.2 Å². The highest BCUT2D eigenvalue weighted by atomic mass is 16.6. The Morgan fingerprint density at radius 3 is 2.61 bits per heavy atom. The van der Waals surface area contributed by atoms with Crippen molar-refractivity contribution in [2.45, 2.75) is 59.1 Å². The molecule has 23 heavy (non-hydrogen) atoms. The van der Waals surface area contributed by atoms with E-state index in [1.807, 2.05) is 31.7 Å². The normalized spacial score (nSPS) is 19.4. The Kier molecular flexibility index (Phi) is 5.40. The van der Waals surface area contributed by atoms with Gasteiger partial charge in [-0.3, -0.25) is 0 Å². The molecule has 2 heterocycles. The molecule has 0 saturated carbocycles. The summed E-state index contributed by atoms with van der Waals surface area (Å²) >= 11 is 0. The number of ether oxygens (including phenoxy) is 1. The maximum Gasteiger partial charge on any atom is 0.410 e. The lowest BCUT2D eigenvalue weighted by atomic mass is 9.80. The average Bonchev–Trinajstić information content (AvgIpc) is 2.98. The lowest BCUT2D eigenvalue weighted by molar-refractivity contribution is 0.0117. The van der Waals surface area contributed by atoms with E-state index in [1.54, 1.807) is 12.5 Å². The van der Waals surface area contributed by atoms with E-state index in [4.69, 9.17) is 9.15 Å². The molecular formula is C18H30N2O3. The lowest BCUT2D eigenvalue weighted by Gasteiger charge is -2.40. The third-order valence-corrected chi connectivity index (χ3v) is 4.50. The molecule has 0 aliphatic carbocycles. The van der Waals surface area contributed by atoms with Crippen LogP contribution in [0.5, 0.6) is 0 Å². The van der Waals surface area contributed by atoms with Crippen LogP contribution in [-0.4, -0.2) is 36.2 Å². The van der Waals surface area contributed by atoms with Crippen LogP contribution in [0.3, 0.4) is 0 Å². The van der Waals surface area contributed by atoms with E-state index in [2.05, 4.69) is 19.2 Å². The first-order valence-electron chi connectivity index (χ1n) is 8.42. The Labute approximate surface area is 139 Å². The van der Waals surface area contributed by atoms with E-state index < -0.39 is 5.60 Å². The molecule has 1 aliphatic rings. The monoisotopic (exact) mass is 322 g/mol. The molecule has 2 rings (SSSR count). The molecule has 5 heteroatoms. The predicted octanol–water partition coefficient (Wildman–Crippen LogP) is 3.97. The Bertz CT molecular complexity index is 497. The maximum absolute atomic E-state index is 12.1. The summed E-state index contributed by atoms with van der Waals surface area (Å²) in [4.78, 5) is 13.9. The minimum Gasteiger partial charge on any atom is -0.472 e. The number of furan rings is 1. The molecule has 1 unspecified atom stereocenters. The Hall–Kier alpha value is -1.49. The summed E-state index contributed by atoms with van der Waals surface area (Å²) in [6.45, 7) is 12.6. The Morgan fingerprint density at radius 2 is 2.09 bits per heavy atom. The van der Waals surface area contributed by atoms with Crippen molar-refractivity contribution in [1.29, 1.82) is 0 Å². The number of hydrogen-bond acceptors (Lipinski definition) is 4. The van der Waals surface area contributed by atoms with Crippen LogP contribution in [0, 0.1) is 5.41 Å². The molecule has 1 aliphatic heterocycles. The van der Waals surface area contributed by atoms with Gasteiger partial charge in [-0.05, 0) is 52.0 Å². The van der Waals surface area contributed by atoms with Crippen molar-refractivity contribution in [2.24, 2.45) is 5.41 Å². The van der Waals surface area contributed by atoms with Crippen LogP contribution < -0.4 is 5.32 Å². The van der Waals surface area contributed by atoms with E-state index in [0.717, 1.165) is 32.5 Å². The van der Waals surface area contributed by atoms with Crippen molar-refractivity contribution in [2.75, 3.05) is 19.6 Å². The standard InChI is InChI=1S/C18H30N2O3/c1-14(15-6-11-22-12-15)19-13-18(5)7-9-20(10-8-18)16(21)23-17(2,3)4/h6,11-12,14,19H,7-10,13H2,1-5H3. The predicted molar refractivity (Wildman–Crippen MR) is 90.3 cm³/mol. The van der Waals surface area contributed by atoms with E-state index in [-0.39, 0.29) is 17.6 Å². The lowest BCUT2D eigenvalue weighted by Crippen LogP contribution is -2.47. The SMILES string of the molecule is CC(NCC1(C)CCN(C(=O)OC(C)(C)C)CC1)c1ccoc1. The smallest absolute Gasteiger partial charge is 0.410 e. The third kappa shape index (κ3) is 5.27. The molecule has 1 N–H and O–H groups in total. The highest BCUT2D eigenvalue weighted by Crippen LogP contribution is 2.31. The number of amides is 1. The first-order valence-corrected chi connectivity index (χ1v) is 8.42. The van der Waals surface area contributed by atoms with Crippen LogP contribution in [0.4, 0.5) is 4.79 Å². The first kappa shape index (κ1) is 17.9. The van der Waals surface area contributed by atoms with Gasteiger partial charge >= 0.3 is 6.09 Å². The topological polar surface area (TPSA) is 54.7 Å². The van der Waals surface area contributed by atoms with Gasteiger partial charge in [-0.25, -0.2) is 4.79 Å². The van der Waals surface area contributed by atoms with Crippen molar-refractivity contribution in [1.82, 2.24) is 10.2 Å². The van der Waals surface area contributed by atoms with Crippen molar-refractivity contribution >= 4 is 6.09 Å². The van der Waals surface area contributed by atoms with E-state index in [9.17, 15) is 4.79 Å².